The van der Waals surface area contributed by atoms with Crippen LogP contribution in [0.2, 0.25) is 19.6 Å². The van der Waals surface area contributed by atoms with Gasteiger partial charge in [-0.2, -0.15) is 5.10 Å². The van der Waals surface area contributed by atoms with Crippen molar-refractivity contribution in [3.63, 3.8) is 0 Å². The van der Waals surface area contributed by atoms with E-state index in [4.69, 9.17) is 0 Å². The molecule has 0 aliphatic rings. The Hall–Kier alpha value is -1.68. The SMILES string of the molecule is CC(=O)c1cn(-c2ccccc2)nc1[Si](C)(C)C. The second-order valence-corrected chi connectivity index (χ2v) is 10.5. The van der Waals surface area contributed by atoms with Crippen molar-refractivity contribution < 1.29 is 4.79 Å². The summed E-state index contributed by atoms with van der Waals surface area (Å²) in [5, 5.41) is 5.62. The zero-order valence-electron chi connectivity index (χ0n) is 11.3. The van der Waals surface area contributed by atoms with Crippen LogP contribution in [0.5, 0.6) is 0 Å². The van der Waals surface area contributed by atoms with Gasteiger partial charge in [0.1, 0.15) is 8.07 Å². The molecule has 0 saturated heterocycles. The van der Waals surface area contributed by atoms with Crippen molar-refractivity contribution in [3.05, 3.63) is 42.1 Å². The predicted molar refractivity (Wildman–Crippen MR) is 76.5 cm³/mol. The Labute approximate surface area is 108 Å². The molecule has 0 radical (unpaired) electrons. The number of para-hydroxylation sites is 1. The molecular formula is C14H18N2OSi. The fraction of sp³-hybridized carbons (Fsp3) is 0.286. The molecule has 0 N–H and O–H groups in total. The summed E-state index contributed by atoms with van der Waals surface area (Å²) >= 11 is 0. The highest BCUT2D eigenvalue weighted by atomic mass is 28.3. The van der Waals surface area contributed by atoms with Crippen molar-refractivity contribution in [3.8, 4) is 5.69 Å². The van der Waals surface area contributed by atoms with Gasteiger partial charge in [0.15, 0.2) is 5.78 Å². The fourth-order valence-corrected chi connectivity index (χ4v) is 3.35. The van der Waals surface area contributed by atoms with E-state index in [2.05, 4.69) is 24.7 Å². The standard InChI is InChI=1S/C14H18N2OSi/c1-11(17)13-10-16(12-8-6-5-7-9-12)15-14(13)18(2,3)4/h5-10H,1-4H3. The quantitative estimate of drug-likeness (QED) is 0.626. The normalized spacial score (nSPS) is 11.6. The first-order chi connectivity index (χ1) is 8.39. The van der Waals surface area contributed by atoms with Gasteiger partial charge in [-0.15, -0.1) is 0 Å². The molecule has 1 aromatic heterocycles. The van der Waals surface area contributed by atoms with Crippen molar-refractivity contribution >= 4 is 19.2 Å². The minimum Gasteiger partial charge on any atom is -0.294 e. The monoisotopic (exact) mass is 258 g/mol. The average molecular weight is 258 g/mol. The summed E-state index contributed by atoms with van der Waals surface area (Å²) in [6.45, 7) is 8.22. The molecule has 1 heterocycles. The molecule has 4 heteroatoms. The first-order valence-corrected chi connectivity index (χ1v) is 9.56. The third kappa shape index (κ3) is 2.43. The second-order valence-electron chi connectivity index (χ2n) is 5.48. The van der Waals surface area contributed by atoms with Gasteiger partial charge >= 0.3 is 0 Å². The maximum absolute atomic E-state index is 11.7. The smallest absolute Gasteiger partial charge is 0.162 e. The van der Waals surface area contributed by atoms with Gasteiger partial charge in [0, 0.05) is 6.20 Å². The molecule has 0 aliphatic carbocycles. The van der Waals surface area contributed by atoms with Gasteiger partial charge in [0.25, 0.3) is 0 Å². The van der Waals surface area contributed by atoms with Crippen molar-refractivity contribution in [1.82, 2.24) is 9.78 Å². The third-order valence-corrected chi connectivity index (χ3v) is 4.61. The molecule has 0 fully saturated rings. The highest BCUT2D eigenvalue weighted by Crippen LogP contribution is 2.11. The minimum absolute atomic E-state index is 0.0922. The van der Waals surface area contributed by atoms with Crippen LogP contribution in [0.1, 0.15) is 17.3 Å². The number of hydrogen-bond acceptors (Lipinski definition) is 2. The van der Waals surface area contributed by atoms with Crippen LogP contribution in [0.3, 0.4) is 0 Å². The first kappa shape index (κ1) is 12.8. The van der Waals surface area contributed by atoms with Gasteiger partial charge in [-0.1, -0.05) is 37.8 Å². The van der Waals surface area contributed by atoms with Gasteiger partial charge in [0.2, 0.25) is 0 Å². The Bertz CT molecular complexity index is 567. The van der Waals surface area contributed by atoms with Crippen LogP contribution in [0.25, 0.3) is 5.69 Å². The molecule has 2 rings (SSSR count). The lowest BCUT2D eigenvalue weighted by molar-refractivity contribution is 0.101. The van der Waals surface area contributed by atoms with E-state index in [0.717, 1.165) is 16.6 Å². The number of rotatable bonds is 3. The van der Waals surface area contributed by atoms with E-state index in [1.165, 1.54) is 0 Å². The Balaban J connectivity index is 2.57. The van der Waals surface area contributed by atoms with Crippen LogP contribution in [0.4, 0.5) is 0 Å². The number of hydrogen-bond donors (Lipinski definition) is 0. The maximum Gasteiger partial charge on any atom is 0.162 e. The van der Waals surface area contributed by atoms with Crippen molar-refractivity contribution in [2.75, 3.05) is 0 Å². The molecule has 0 amide bonds. The number of aromatic nitrogens is 2. The van der Waals surface area contributed by atoms with E-state index in [1.807, 2.05) is 41.2 Å². The predicted octanol–water partition coefficient (Wildman–Crippen LogP) is 2.62. The largest absolute Gasteiger partial charge is 0.294 e. The second kappa shape index (κ2) is 4.53. The maximum atomic E-state index is 11.7. The molecule has 0 saturated carbocycles. The third-order valence-electron chi connectivity index (χ3n) is 2.82. The molecule has 18 heavy (non-hydrogen) atoms. The molecule has 0 bridgehead atoms. The van der Waals surface area contributed by atoms with Gasteiger partial charge in [-0.3, -0.25) is 4.79 Å². The highest BCUT2D eigenvalue weighted by Gasteiger charge is 2.26. The van der Waals surface area contributed by atoms with Gasteiger partial charge in [-0.05, 0) is 19.1 Å². The van der Waals surface area contributed by atoms with E-state index >= 15 is 0 Å². The van der Waals surface area contributed by atoms with Crippen LogP contribution in [-0.2, 0) is 0 Å². The number of nitrogens with zero attached hydrogens (tertiary/aromatic N) is 2. The summed E-state index contributed by atoms with van der Waals surface area (Å²) in [5.74, 6) is 0.0922. The van der Waals surface area contributed by atoms with Gasteiger partial charge in [-0.25, -0.2) is 4.68 Å². The molecule has 0 spiro atoms. The van der Waals surface area contributed by atoms with Crippen LogP contribution in [0, 0.1) is 0 Å². The molecule has 2 aromatic rings. The minimum atomic E-state index is -1.61. The lowest BCUT2D eigenvalue weighted by Crippen LogP contribution is -2.42. The molecular weight excluding hydrogens is 240 g/mol. The zero-order chi connectivity index (χ0) is 13.3. The highest BCUT2D eigenvalue weighted by molar-refractivity contribution is 6.88. The van der Waals surface area contributed by atoms with Gasteiger partial charge < -0.3 is 0 Å². The summed E-state index contributed by atoms with van der Waals surface area (Å²) in [4.78, 5) is 11.7. The van der Waals surface area contributed by atoms with Crippen LogP contribution in [0.15, 0.2) is 36.5 Å². The number of carbonyl (C=O) groups is 1. The fourth-order valence-electron chi connectivity index (χ4n) is 1.90. The van der Waals surface area contributed by atoms with Gasteiger partial charge in [0.05, 0.1) is 16.6 Å². The van der Waals surface area contributed by atoms with Crippen molar-refractivity contribution in [1.29, 1.82) is 0 Å². The Morgan fingerprint density at radius 2 is 1.78 bits per heavy atom. The van der Waals surface area contributed by atoms with Crippen LogP contribution in [-0.4, -0.2) is 23.6 Å². The molecule has 0 aliphatic heterocycles. The van der Waals surface area contributed by atoms with Crippen LogP contribution >= 0.6 is 0 Å². The first-order valence-electron chi connectivity index (χ1n) is 6.06. The Kier molecular flexibility index (Phi) is 3.21. The Morgan fingerprint density at radius 3 is 2.22 bits per heavy atom. The summed E-state index contributed by atoms with van der Waals surface area (Å²) in [5.41, 5.74) is 1.75. The van der Waals surface area contributed by atoms with Crippen molar-refractivity contribution in [2.24, 2.45) is 0 Å². The molecule has 1 aromatic carbocycles. The average Bonchev–Trinajstić information content (AvgIpc) is 2.74. The van der Waals surface area contributed by atoms with E-state index in [1.54, 1.807) is 6.92 Å². The number of benzene rings is 1. The summed E-state index contributed by atoms with van der Waals surface area (Å²) in [7, 11) is -1.61. The van der Waals surface area contributed by atoms with E-state index < -0.39 is 8.07 Å². The molecule has 94 valence electrons. The molecule has 3 nitrogen and oxygen atoms in total. The zero-order valence-corrected chi connectivity index (χ0v) is 12.3. The topological polar surface area (TPSA) is 34.9 Å². The van der Waals surface area contributed by atoms with E-state index in [0.29, 0.717) is 0 Å². The van der Waals surface area contributed by atoms with Crippen molar-refractivity contribution in [2.45, 2.75) is 26.6 Å². The Morgan fingerprint density at radius 1 is 1.17 bits per heavy atom. The van der Waals surface area contributed by atoms with E-state index in [-0.39, 0.29) is 5.78 Å². The lowest BCUT2D eigenvalue weighted by Gasteiger charge is -2.13. The molecule has 0 unspecified atom stereocenters. The van der Waals surface area contributed by atoms with E-state index in [9.17, 15) is 4.79 Å². The lowest BCUT2D eigenvalue weighted by atomic mass is 10.2. The number of ketones is 1. The summed E-state index contributed by atoms with van der Waals surface area (Å²) < 4.78 is 1.81. The summed E-state index contributed by atoms with van der Waals surface area (Å²) in [6.07, 6.45) is 1.85. The summed E-state index contributed by atoms with van der Waals surface area (Å²) in [6, 6.07) is 9.89. The van der Waals surface area contributed by atoms with Crippen LogP contribution < -0.4 is 5.32 Å². The number of Topliss-reactive ketones (excluding diaryl/α,β-unsaturated/α-hetero) is 1. The number of carbonyl (C=O) groups excluding carboxylic acids is 1. The molecule has 0 atom stereocenters.